The second kappa shape index (κ2) is 11.4. The van der Waals surface area contributed by atoms with Crippen LogP contribution in [0.25, 0.3) is 0 Å². The molecule has 0 unspecified atom stereocenters. The Morgan fingerprint density at radius 3 is 2.47 bits per heavy atom. The standard InChI is InChI=1S/C26H35ClN6OP2/c1-32(2)18-12-14-33(15-13-18)19-10-11-21(23(16-19)34-3)30-26-28-17-20(27)25(31-26)29-22-8-6-7-9-24(22)36(4,5)35/h6-11,16-18,35H,12-15H2,1-5H3,(H2,28,29,30,31). The Bertz CT molecular complexity index is 1260. The van der Waals surface area contributed by atoms with Gasteiger partial charge >= 0.3 is 0 Å². The van der Waals surface area contributed by atoms with Gasteiger partial charge in [-0.15, -0.1) is 8.53 Å². The molecule has 1 saturated heterocycles. The van der Waals surface area contributed by atoms with E-state index in [-0.39, 0.29) is 0 Å². The third-order valence-corrected chi connectivity index (χ3v) is 9.09. The van der Waals surface area contributed by atoms with Crippen LogP contribution in [0.1, 0.15) is 12.8 Å². The Kier molecular flexibility index (Phi) is 8.47. The summed E-state index contributed by atoms with van der Waals surface area (Å²) >= 11 is 6.46. The van der Waals surface area contributed by atoms with Crippen LogP contribution in [-0.2, 0) is 0 Å². The molecule has 2 N–H and O–H groups in total. The number of anilines is 5. The first kappa shape index (κ1) is 26.8. The van der Waals surface area contributed by atoms with Crippen molar-refractivity contribution in [1.29, 1.82) is 0 Å². The molecule has 10 heteroatoms. The zero-order valence-electron chi connectivity index (χ0n) is 21.5. The maximum absolute atomic E-state index is 6.46. The van der Waals surface area contributed by atoms with Crippen LogP contribution < -0.4 is 25.6 Å². The minimum absolute atomic E-state index is 0.435. The van der Waals surface area contributed by atoms with Gasteiger partial charge in [-0.3, -0.25) is 0 Å². The average Bonchev–Trinajstić information content (AvgIpc) is 2.86. The molecule has 0 atom stereocenters. The summed E-state index contributed by atoms with van der Waals surface area (Å²) in [7, 11) is 9.92. The van der Waals surface area contributed by atoms with Gasteiger partial charge < -0.3 is 25.2 Å². The zero-order chi connectivity index (χ0) is 25.9. The molecule has 1 fully saturated rings. The highest BCUT2D eigenvalue weighted by Crippen LogP contribution is 2.44. The molecule has 1 aromatic heterocycles. The molecule has 3 aromatic rings. The number of rotatable bonds is 8. The summed E-state index contributed by atoms with van der Waals surface area (Å²) in [4.78, 5) is 13.8. The van der Waals surface area contributed by atoms with Crippen molar-refractivity contribution < 1.29 is 4.74 Å². The number of hydrogen-bond acceptors (Lipinski definition) is 7. The molecule has 1 aliphatic heterocycles. The van der Waals surface area contributed by atoms with Gasteiger partial charge in [0.15, 0.2) is 5.82 Å². The SMILES string of the molecule is COc1cc(N2CCC(N(C)C)CC2)ccc1Nc1ncc(Cl)c(Nc2ccccc2P(C)(C)=P)n1. The number of nitrogens with zero attached hydrogens (tertiary/aromatic N) is 4. The van der Waals surface area contributed by atoms with Crippen molar-refractivity contribution in [2.75, 3.05) is 63.2 Å². The van der Waals surface area contributed by atoms with E-state index in [1.165, 1.54) is 5.30 Å². The fraction of sp³-hybridized carbons (Fsp3) is 0.385. The molecule has 1 aliphatic rings. The average molecular weight is 545 g/mol. The molecular formula is C26H35ClN6OP2. The molecule has 0 radical (unpaired) electrons. The molecule has 0 saturated carbocycles. The predicted molar refractivity (Wildman–Crippen MR) is 159 cm³/mol. The van der Waals surface area contributed by atoms with Crippen LogP contribution in [0.5, 0.6) is 5.75 Å². The summed E-state index contributed by atoms with van der Waals surface area (Å²) in [5.74, 6) is 1.72. The van der Waals surface area contributed by atoms with Crippen LogP contribution in [0.15, 0.2) is 48.7 Å². The smallest absolute Gasteiger partial charge is 0.229 e. The second-order valence-electron chi connectivity index (χ2n) is 9.68. The van der Waals surface area contributed by atoms with Gasteiger partial charge in [-0.2, -0.15) is 4.98 Å². The van der Waals surface area contributed by atoms with E-state index in [2.05, 4.69) is 84.6 Å². The highest BCUT2D eigenvalue weighted by Gasteiger charge is 2.21. The summed E-state index contributed by atoms with van der Waals surface area (Å²) in [6.45, 7) is 5.03. The molecule has 2 aromatic carbocycles. The van der Waals surface area contributed by atoms with E-state index in [1.54, 1.807) is 13.3 Å². The molecule has 0 amide bonds. The van der Waals surface area contributed by atoms with Crippen molar-refractivity contribution in [3.05, 3.63) is 53.7 Å². The van der Waals surface area contributed by atoms with E-state index in [1.807, 2.05) is 24.3 Å². The second-order valence-corrected chi connectivity index (χ2v) is 16.8. The minimum atomic E-state index is -1.44. The Morgan fingerprint density at radius 2 is 1.81 bits per heavy atom. The lowest BCUT2D eigenvalue weighted by molar-refractivity contribution is 0.249. The molecule has 0 aliphatic carbocycles. The van der Waals surface area contributed by atoms with Crippen molar-refractivity contribution in [1.82, 2.24) is 14.9 Å². The topological polar surface area (TPSA) is 65.6 Å². The minimum Gasteiger partial charge on any atom is -0.494 e. The maximum atomic E-state index is 6.46. The predicted octanol–water partition coefficient (Wildman–Crippen LogP) is 6.12. The molecule has 0 spiro atoms. The van der Waals surface area contributed by atoms with E-state index in [9.17, 15) is 0 Å². The van der Waals surface area contributed by atoms with Gasteiger partial charge in [0.1, 0.15) is 10.8 Å². The highest BCUT2D eigenvalue weighted by molar-refractivity contribution is 8.03. The van der Waals surface area contributed by atoms with Crippen molar-refractivity contribution >= 4 is 60.8 Å². The lowest BCUT2D eigenvalue weighted by Crippen LogP contribution is -2.41. The van der Waals surface area contributed by atoms with E-state index in [0.717, 1.165) is 48.7 Å². The van der Waals surface area contributed by atoms with Crippen molar-refractivity contribution in [2.24, 2.45) is 0 Å². The number of nitrogens with one attached hydrogen (secondary N) is 2. The summed E-state index contributed by atoms with van der Waals surface area (Å²) < 4.78 is 5.71. The van der Waals surface area contributed by atoms with E-state index < -0.39 is 6.55 Å². The van der Waals surface area contributed by atoms with Gasteiger partial charge in [-0.25, -0.2) is 4.98 Å². The largest absolute Gasteiger partial charge is 0.494 e. The molecular weight excluding hydrogens is 510 g/mol. The number of para-hydroxylation sites is 1. The highest BCUT2D eigenvalue weighted by atomic mass is 35.5. The molecule has 192 valence electrons. The van der Waals surface area contributed by atoms with E-state index >= 15 is 0 Å². The third-order valence-electron chi connectivity index (χ3n) is 6.49. The maximum Gasteiger partial charge on any atom is 0.229 e. The fourth-order valence-corrected chi connectivity index (χ4v) is 6.36. The first-order chi connectivity index (χ1) is 17.2. The lowest BCUT2D eigenvalue weighted by Gasteiger charge is -2.36. The monoisotopic (exact) mass is 544 g/mol. The van der Waals surface area contributed by atoms with Crippen molar-refractivity contribution in [3.63, 3.8) is 0 Å². The van der Waals surface area contributed by atoms with Gasteiger partial charge in [0.05, 0.1) is 19.0 Å². The number of halogens is 1. The number of hydrogen-bond donors (Lipinski definition) is 2. The van der Waals surface area contributed by atoms with Crippen LogP contribution in [0.3, 0.4) is 0 Å². The number of benzene rings is 2. The van der Waals surface area contributed by atoms with Crippen LogP contribution >= 0.6 is 26.7 Å². The van der Waals surface area contributed by atoms with Crippen LogP contribution in [0.2, 0.25) is 5.02 Å². The number of aromatic nitrogens is 2. The summed E-state index contributed by atoms with van der Waals surface area (Å²) in [6, 6.07) is 15.0. The normalized spacial score (nSPS) is 14.7. The van der Waals surface area contributed by atoms with Gasteiger partial charge in [0.2, 0.25) is 5.95 Å². The molecule has 7 nitrogen and oxygen atoms in total. The van der Waals surface area contributed by atoms with Gasteiger partial charge in [0.25, 0.3) is 0 Å². The van der Waals surface area contributed by atoms with Crippen molar-refractivity contribution in [3.8, 4) is 5.75 Å². The van der Waals surface area contributed by atoms with Gasteiger partial charge in [-0.1, -0.05) is 36.3 Å². The summed E-state index contributed by atoms with van der Waals surface area (Å²) in [6.07, 6.45) is 3.91. The van der Waals surface area contributed by atoms with Crippen molar-refractivity contribution in [2.45, 2.75) is 18.9 Å². The Hall–Kier alpha value is -2.30. The molecule has 36 heavy (non-hydrogen) atoms. The molecule has 4 rings (SSSR count). The third kappa shape index (κ3) is 6.33. The zero-order valence-corrected chi connectivity index (χ0v) is 24.2. The lowest BCUT2D eigenvalue weighted by atomic mass is 10.0. The van der Waals surface area contributed by atoms with Gasteiger partial charge in [0, 0.05) is 41.9 Å². The first-order valence-electron chi connectivity index (χ1n) is 12.0. The number of piperidine rings is 1. The fourth-order valence-electron chi connectivity index (χ4n) is 4.45. The Labute approximate surface area is 221 Å². The number of ether oxygens (including phenoxy) is 1. The van der Waals surface area contributed by atoms with Gasteiger partial charge in [-0.05, 0) is 58.5 Å². The molecule has 0 bridgehead atoms. The summed E-state index contributed by atoms with van der Waals surface area (Å²) in [5.41, 5.74) is 2.92. The Balaban J connectivity index is 1.53. The molecule has 2 heterocycles. The Morgan fingerprint density at radius 1 is 1.08 bits per heavy atom. The first-order valence-corrected chi connectivity index (χ1v) is 16.4. The number of methoxy groups -OCH3 is 1. The van der Waals surface area contributed by atoms with Crippen LogP contribution in [-0.4, -0.2) is 68.5 Å². The van der Waals surface area contributed by atoms with Crippen LogP contribution in [0, 0.1) is 0 Å². The summed E-state index contributed by atoms with van der Waals surface area (Å²) in [5, 5.41) is 8.35. The van der Waals surface area contributed by atoms with Crippen LogP contribution in [0.4, 0.5) is 28.8 Å². The van der Waals surface area contributed by atoms with E-state index in [0.29, 0.717) is 22.8 Å². The quantitative estimate of drug-likeness (QED) is 0.331. The van der Waals surface area contributed by atoms with E-state index in [4.69, 9.17) is 16.3 Å².